The van der Waals surface area contributed by atoms with Crippen LogP contribution in [-0.4, -0.2) is 26.3 Å². The van der Waals surface area contributed by atoms with Gasteiger partial charge in [-0.25, -0.2) is 0 Å². The molecule has 0 saturated heterocycles. The van der Waals surface area contributed by atoms with Crippen LogP contribution in [0.15, 0.2) is 0 Å². The minimum atomic E-state index is 0. The van der Waals surface area contributed by atoms with E-state index in [1.165, 1.54) is 0 Å². The maximum Gasteiger partial charge on any atom is 0.0319 e. The van der Waals surface area contributed by atoms with E-state index < -0.39 is 0 Å². The van der Waals surface area contributed by atoms with E-state index in [2.05, 4.69) is 5.32 Å². The summed E-state index contributed by atoms with van der Waals surface area (Å²) >= 11 is 0. The van der Waals surface area contributed by atoms with Crippen LogP contribution in [-0.2, 0) is 65.4 Å². The predicted octanol–water partition coefficient (Wildman–Crippen LogP) is 0.223. The van der Waals surface area contributed by atoms with Crippen molar-refractivity contribution in [3.05, 3.63) is 5.32 Å². The molecule has 2 nitrogen and oxygen atoms in total. The Morgan fingerprint density at radius 2 is 1.00 bits per heavy atom. The van der Waals surface area contributed by atoms with E-state index in [1.54, 1.807) is 14.1 Å². The van der Waals surface area contributed by atoms with Crippen LogP contribution in [0.2, 0.25) is 0 Å². The first-order valence-electron chi connectivity index (χ1n) is 1.34. The minimum Gasteiger partial charge on any atom is -0.668 e. The van der Waals surface area contributed by atoms with Crippen molar-refractivity contribution < 1.29 is 70.5 Å². The molecule has 0 heterocycles. The largest absolute Gasteiger partial charge is 0.668 e. The fourth-order valence-corrected chi connectivity index (χ4v) is 0. The third kappa shape index (κ3) is 67.4. The molecule has 0 rings (SSSR count). The molecule has 0 aromatic heterocycles. The van der Waals surface area contributed by atoms with Gasteiger partial charge in [-0.1, -0.05) is 0 Å². The Hall–Kier alpha value is 2.13. The average molecular weight is 254 g/mol. The summed E-state index contributed by atoms with van der Waals surface area (Å²) in [5.74, 6) is 0. The van der Waals surface area contributed by atoms with Gasteiger partial charge in [0.15, 0.2) is 0 Å². The van der Waals surface area contributed by atoms with Crippen LogP contribution >= 0.6 is 0 Å². The Morgan fingerprint density at radius 1 is 1.00 bits per heavy atom. The van der Waals surface area contributed by atoms with Gasteiger partial charge in [0.05, 0.1) is 0 Å². The van der Waals surface area contributed by atoms with Gasteiger partial charge < -0.3 is 10.4 Å². The van der Waals surface area contributed by atoms with E-state index in [-0.39, 0.29) is 65.4 Å². The van der Waals surface area contributed by atoms with Gasteiger partial charge in [0.2, 0.25) is 0 Å². The topological polar surface area (TPSA) is 34.3 Å². The Labute approximate surface area is 95.6 Å². The summed E-state index contributed by atoms with van der Waals surface area (Å²) in [6.07, 6.45) is 0. The molecule has 0 aromatic carbocycles. The summed E-state index contributed by atoms with van der Waals surface area (Å²) in [6.45, 7) is 0. The van der Waals surface area contributed by atoms with Crippen molar-refractivity contribution in [1.29, 1.82) is 0 Å². The van der Waals surface area contributed by atoms with Gasteiger partial charge in [0.1, 0.15) is 0 Å². The average Bonchev–Trinajstić information content (AvgIpc) is 1.46. The third-order valence-corrected chi connectivity index (χ3v) is 0. The monoisotopic (exact) mass is 254 g/mol. The van der Waals surface area contributed by atoms with Gasteiger partial charge in [-0.05, 0) is 0 Å². The summed E-state index contributed by atoms with van der Waals surface area (Å²) in [5, 5.41) is 10.5. The number of rotatable bonds is 0. The summed E-state index contributed by atoms with van der Waals surface area (Å²) in [5.41, 5.74) is 0. The Morgan fingerprint density at radius 3 is 1.00 bits per heavy atom. The van der Waals surface area contributed by atoms with E-state index in [0.29, 0.717) is 0 Å². The van der Waals surface area contributed by atoms with Crippen LogP contribution in [0.3, 0.4) is 0 Å². The van der Waals surface area contributed by atoms with Crippen LogP contribution in [0.25, 0.3) is 5.32 Å². The second kappa shape index (κ2) is 42.2. The van der Waals surface area contributed by atoms with E-state index in [4.69, 9.17) is 5.11 Å². The second-order valence-corrected chi connectivity index (χ2v) is 0.447. The SMILES string of the molecule is CO.C[N-]C.[Y].[Y]. The van der Waals surface area contributed by atoms with Crippen molar-refractivity contribution in [3.8, 4) is 0 Å². The van der Waals surface area contributed by atoms with Gasteiger partial charge in [0.25, 0.3) is 0 Å². The van der Waals surface area contributed by atoms with Gasteiger partial charge in [-0.2, -0.15) is 14.1 Å². The fourth-order valence-electron chi connectivity index (χ4n) is 0. The number of nitrogens with zero attached hydrogens (tertiary/aromatic N) is 1. The number of hydrogen-bond acceptors (Lipinski definition) is 1. The molecule has 0 fully saturated rings. The summed E-state index contributed by atoms with van der Waals surface area (Å²) < 4.78 is 0. The Kier molecular flexibility index (Phi) is 138. The first-order chi connectivity index (χ1) is 2.41. The molecule has 0 aliphatic rings. The maximum absolute atomic E-state index is 7.00. The molecule has 0 bridgehead atoms. The van der Waals surface area contributed by atoms with Crippen LogP contribution in [0.1, 0.15) is 0 Å². The molecule has 0 aromatic rings. The molecule has 4 heteroatoms. The summed E-state index contributed by atoms with van der Waals surface area (Å²) in [4.78, 5) is 0. The third-order valence-electron chi connectivity index (χ3n) is 0. The first-order valence-corrected chi connectivity index (χ1v) is 1.34. The molecule has 0 unspecified atom stereocenters. The fraction of sp³-hybridized carbons (Fsp3) is 1.00. The Bertz CT molecular complexity index is 12.9. The smallest absolute Gasteiger partial charge is 0.0319 e. The molecule has 1 N–H and O–H groups in total. The molecule has 2 radical (unpaired) electrons. The molecule has 0 atom stereocenters. The molecular formula is C3H10NOY2-. The van der Waals surface area contributed by atoms with Crippen molar-refractivity contribution in [1.82, 2.24) is 0 Å². The van der Waals surface area contributed by atoms with Gasteiger partial charge in [-0.3, -0.25) is 0 Å². The van der Waals surface area contributed by atoms with Gasteiger partial charge in [-0.15, -0.1) is 0 Å². The second-order valence-electron chi connectivity index (χ2n) is 0.447. The van der Waals surface area contributed by atoms with Crippen molar-refractivity contribution in [2.24, 2.45) is 0 Å². The normalized spacial score (nSPS) is 3.43. The zero-order valence-electron chi connectivity index (χ0n) is 5.05. The van der Waals surface area contributed by atoms with Crippen LogP contribution in [0.5, 0.6) is 0 Å². The molecule has 40 valence electrons. The molecular weight excluding hydrogens is 244 g/mol. The van der Waals surface area contributed by atoms with Crippen molar-refractivity contribution in [3.63, 3.8) is 0 Å². The summed E-state index contributed by atoms with van der Waals surface area (Å²) in [6, 6.07) is 0. The minimum absolute atomic E-state index is 0. The van der Waals surface area contributed by atoms with Crippen molar-refractivity contribution in [2.75, 3.05) is 21.2 Å². The maximum atomic E-state index is 7.00. The number of aliphatic hydroxyl groups excluding tert-OH is 1. The van der Waals surface area contributed by atoms with Crippen molar-refractivity contribution in [2.45, 2.75) is 0 Å². The van der Waals surface area contributed by atoms with Crippen LogP contribution in [0.4, 0.5) is 0 Å². The molecule has 0 saturated carbocycles. The van der Waals surface area contributed by atoms with E-state index >= 15 is 0 Å². The number of aliphatic hydroxyl groups is 1. The molecule has 0 aliphatic heterocycles. The first kappa shape index (κ1) is 22.9. The van der Waals surface area contributed by atoms with E-state index in [1.807, 2.05) is 0 Å². The van der Waals surface area contributed by atoms with E-state index in [9.17, 15) is 0 Å². The van der Waals surface area contributed by atoms with Gasteiger partial charge >= 0.3 is 0 Å². The van der Waals surface area contributed by atoms with Crippen LogP contribution < -0.4 is 0 Å². The van der Waals surface area contributed by atoms with Crippen LogP contribution in [0, 0.1) is 0 Å². The van der Waals surface area contributed by atoms with Crippen molar-refractivity contribution >= 4 is 0 Å². The predicted molar refractivity (Wildman–Crippen MR) is 23.3 cm³/mol. The molecule has 0 aliphatic carbocycles. The molecule has 0 amide bonds. The summed E-state index contributed by atoms with van der Waals surface area (Å²) in [7, 11) is 4.50. The standard InChI is InChI=1S/C2H6N.CH4O.2Y/c1-3-2;1-2;;/h1-2H3;2H,1H3;;/q-1;;;. The number of hydrogen-bond donors (Lipinski definition) is 1. The quantitative estimate of drug-likeness (QED) is 0.659. The Balaban J connectivity index is -0.0000000105. The zero-order valence-corrected chi connectivity index (χ0v) is 10.7. The van der Waals surface area contributed by atoms with E-state index in [0.717, 1.165) is 7.11 Å². The molecule has 0 spiro atoms. The molecule has 7 heavy (non-hydrogen) atoms. The zero-order chi connectivity index (χ0) is 4.71. The van der Waals surface area contributed by atoms with Gasteiger partial charge in [0, 0.05) is 72.5 Å².